The molecular weight excluding hydrogens is 111 g/mol. The van der Waals surface area contributed by atoms with Crippen molar-refractivity contribution in [2.45, 2.75) is 26.7 Å². The molecule has 1 heteroatoms. The molecule has 0 aromatic rings. The Morgan fingerprint density at radius 1 is 1.17 bits per heavy atom. The quantitative estimate of drug-likeness (QED) is 0.491. The number of rotatable bonds is 2. The fraction of sp³-hybridized carbons (Fsp3) is 0.800. The number of unbranched alkanes of at least 4 members (excludes halogenated alkanes) is 2. The van der Waals surface area contributed by atoms with Gasteiger partial charge in [0.05, 0.1) is 0 Å². The molecule has 0 aliphatic carbocycles. The van der Waals surface area contributed by atoms with Crippen LogP contribution in [-0.2, 0) is 18.6 Å². The molecule has 0 saturated heterocycles. The van der Waals surface area contributed by atoms with Crippen molar-refractivity contribution in [2.24, 2.45) is 0 Å². The van der Waals surface area contributed by atoms with Crippen LogP contribution in [0.4, 0.5) is 0 Å². The van der Waals surface area contributed by atoms with Gasteiger partial charge in [0.15, 0.2) is 0 Å². The summed E-state index contributed by atoms with van der Waals surface area (Å²) in [5, 5.41) is 0. The second-order valence-corrected chi connectivity index (χ2v) is 1.11. The van der Waals surface area contributed by atoms with Crippen LogP contribution in [0.5, 0.6) is 0 Å². The smallest absolute Gasteiger partial charge is 0 e. The third-order valence-corrected chi connectivity index (χ3v) is 0.577. The van der Waals surface area contributed by atoms with Crippen LogP contribution in [0.25, 0.3) is 0 Å². The van der Waals surface area contributed by atoms with Crippen LogP contribution in [0, 0.1) is 6.42 Å². The van der Waals surface area contributed by atoms with Gasteiger partial charge in [-0.15, -0.1) is 0 Å². The third-order valence-electron chi connectivity index (χ3n) is 0.577. The molecular formula is C5H11V-. The SMILES string of the molecule is CC[CH-]CC.[V]. The van der Waals surface area contributed by atoms with Crippen molar-refractivity contribution >= 4 is 0 Å². The molecule has 0 fully saturated rings. The minimum absolute atomic E-state index is 0. The second kappa shape index (κ2) is 9.14. The van der Waals surface area contributed by atoms with E-state index in [2.05, 4.69) is 20.3 Å². The van der Waals surface area contributed by atoms with Crippen molar-refractivity contribution in [2.75, 3.05) is 0 Å². The maximum Gasteiger partial charge on any atom is 0 e. The molecule has 0 N–H and O–H groups in total. The summed E-state index contributed by atoms with van der Waals surface area (Å²) in [5.74, 6) is 0. The number of hydrogen-bond donors (Lipinski definition) is 0. The van der Waals surface area contributed by atoms with E-state index in [1.807, 2.05) is 0 Å². The molecule has 0 heterocycles. The Hall–Kier alpha value is 0.584. The first kappa shape index (κ1) is 9.77. The van der Waals surface area contributed by atoms with Gasteiger partial charge in [-0.05, 0) is 0 Å². The fourth-order valence-corrected chi connectivity index (χ4v) is 0.289. The van der Waals surface area contributed by atoms with Crippen LogP contribution in [-0.4, -0.2) is 0 Å². The second-order valence-electron chi connectivity index (χ2n) is 1.11. The predicted molar refractivity (Wildman–Crippen MR) is 24.9 cm³/mol. The van der Waals surface area contributed by atoms with Gasteiger partial charge in [0.1, 0.15) is 0 Å². The monoisotopic (exact) mass is 122 g/mol. The molecule has 0 amide bonds. The van der Waals surface area contributed by atoms with E-state index in [1.54, 1.807) is 0 Å². The van der Waals surface area contributed by atoms with Crippen molar-refractivity contribution < 1.29 is 18.6 Å². The van der Waals surface area contributed by atoms with Gasteiger partial charge in [0.2, 0.25) is 0 Å². The summed E-state index contributed by atoms with van der Waals surface area (Å²) >= 11 is 0. The molecule has 0 aliphatic rings. The summed E-state index contributed by atoms with van der Waals surface area (Å²) in [4.78, 5) is 0. The van der Waals surface area contributed by atoms with Crippen LogP contribution in [0.1, 0.15) is 26.7 Å². The summed E-state index contributed by atoms with van der Waals surface area (Å²) in [6, 6.07) is 0. The van der Waals surface area contributed by atoms with Crippen molar-refractivity contribution in [1.29, 1.82) is 0 Å². The van der Waals surface area contributed by atoms with Crippen LogP contribution >= 0.6 is 0 Å². The van der Waals surface area contributed by atoms with Gasteiger partial charge in [0.25, 0.3) is 0 Å². The summed E-state index contributed by atoms with van der Waals surface area (Å²) in [6.07, 6.45) is 4.69. The van der Waals surface area contributed by atoms with Crippen LogP contribution in [0.3, 0.4) is 0 Å². The van der Waals surface area contributed by atoms with E-state index in [-0.39, 0.29) is 18.6 Å². The molecule has 37 valence electrons. The normalized spacial score (nSPS) is 7.00. The zero-order chi connectivity index (χ0) is 4.12. The first-order valence-electron chi connectivity index (χ1n) is 2.23. The Morgan fingerprint density at radius 3 is 1.50 bits per heavy atom. The summed E-state index contributed by atoms with van der Waals surface area (Å²) in [7, 11) is 0. The Kier molecular flexibility index (Phi) is 14.9. The molecule has 6 heavy (non-hydrogen) atoms. The largest absolute Gasteiger partial charge is 0.329 e. The summed E-state index contributed by atoms with van der Waals surface area (Å²) in [5.41, 5.74) is 0. The van der Waals surface area contributed by atoms with Crippen LogP contribution in [0.2, 0.25) is 0 Å². The van der Waals surface area contributed by atoms with E-state index >= 15 is 0 Å². The van der Waals surface area contributed by atoms with Gasteiger partial charge < -0.3 is 6.42 Å². The third kappa shape index (κ3) is 8.82. The Morgan fingerprint density at radius 2 is 1.50 bits per heavy atom. The molecule has 0 aromatic heterocycles. The van der Waals surface area contributed by atoms with Crippen LogP contribution < -0.4 is 0 Å². The number of hydrogen-bond acceptors (Lipinski definition) is 0. The van der Waals surface area contributed by atoms with Gasteiger partial charge in [-0.25, -0.2) is 0 Å². The van der Waals surface area contributed by atoms with Gasteiger partial charge in [-0.1, -0.05) is 13.8 Å². The first-order chi connectivity index (χ1) is 2.41. The molecule has 0 saturated carbocycles. The Labute approximate surface area is 52.2 Å². The molecule has 0 nitrogen and oxygen atoms in total. The molecule has 0 aromatic carbocycles. The van der Waals surface area contributed by atoms with Crippen molar-refractivity contribution in [1.82, 2.24) is 0 Å². The topological polar surface area (TPSA) is 0 Å². The van der Waals surface area contributed by atoms with E-state index in [0.717, 1.165) is 0 Å². The van der Waals surface area contributed by atoms with Crippen LogP contribution in [0.15, 0.2) is 0 Å². The summed E-state index contributed by atoms with van der Waals surface area (Å²) < 4.78 is 0. The van der Waals surface area contributed by atoms with Gasteiger partial charge >= 0.3 is 0 Å². The Bertz CT molecular complexity index is 11.4. The predicted octanol–water partition coefficient (Wildman–Crippen LogP) is 2.01. The molecule has 0 bridgehead atoms. The maximum atomic E-state index is 2.25. The average molecular weight is 122 g/mol. The molecule has 0 rings (SSSR count). The van der Waals surface area contributed by atoms with Crippen molar-refractivity contribution in [3.05, 3.63) is 6.42 Å². The van der Waals surface area contributed by atoms with E-state index in [0.29, 0.717) is 0 Å². The van der Waals surface area contributed by atoms with Crippen molar-refractivity contribution in [3.8, 4) is 0 Å². The van der Waals surface area contributed by atoms with Gasteiger partial charge in [-0.2, -0.15) is 12.8 Å². The maximum absolute atomic E-state index is 2.25. The average Bonchev–Trinajstić information content (AvgIpc) is 1.41. The van der Waals surface area contributed by atoms with E-state index in [4.69, 9.17) is 0 Å². The van der Waals surface area contributed by atoms with Gasteiger partial charge in [0, 0.05) is 18.6 Å². The standard InChI is InChI=1S/C5H11.V/c1-3-5-4-2;/h5H,3-4H2,1-2H3;/q-1;. The molecule has 0 aliphatic heterocycles. The Balaban J connectivity index is 0. The molecule has 0 unspecified atom stereocenters. The minimum atomic E-state index is 0. The molecule has 0 spiro atoms. The minimum Gasteiger partial charge on any atom is -0.329 e. The van der Waals surface area contributed by atoms with E-state index in [9.17, 15) is 0 Å². The van der Waals surface area contributed by atoms with Gasteiger partial charge in [-0.3, -0.25) is 0 Å². The van der Waals surface area contributed by atoms with E-state index < -0.39 is 0 Å². The molecule has 1 radical (unpaired) electrons. The van der Waals surface area contributed by atoms with E-state index in [1.165, 1.54) is 12.8 Å². The molecule has 0 atom stereocenters. The van der Waals surface area contributed by atoms with Crippen molar-refractivity contribution in [3.63, 3.8) is 0 Å². The zero-order valence-electron chi connectivity index (χ0n) is 4.44. The first-order valence-corrected chi connectivity index (χ1v) is 2.23. The fourth-order valence-electron chi connectivity index (χ4n) is 0.289. The summed E-state index contributed by atoms with van der Waals surface area (Å²) in [6.45, 7) is 4.31. The zero-order valence-corrected chi connectivity index (χ0v) is 5.84.